The maximum atomic E-state index is 12.6. The molecule has 5 nitrogen and oxygen atoms in total. The fourth-order valence-electron chi connectivity index (χ4n) is 2.60. The normalized spacial score (nSPS) is 17.5. The van der Waals surface area contributed by atoms with Gasteiger partial charge in [-0.25, -0.2) is 0 Å². The third kappa shape index (κ3) is 3.34. The van der Waals surface area contributed by atoms with Crippen molar-refractivity contribution in [3.63, 3.8) is 0 Å². The predicted molar refractivity (Wildman–Crippen MR) is 103 cm³/mol. The van der Waals surface area contributed by atoms with Crippen molar-refractivity contribution in [2.24, 2.45) is 0 Å². The summed E-state index contributed by atoms with van der Waals surface area (Å²) in [7, 11) is 0. The van der Waals surface area contributed by atoms with Gasteiger partial charge in [-0.3, -0.25) is 14.5 Å². The Morgan fingerprint density at radius 3 is 2.58 bits per heavy atom. The molecule has 2 heterocycles. The van der Waals surface area contributed by atoms with E-state index in [0.717, 1.165) is 21.8 Å². The number of carbonyl (C=O) groups excluding carboxylic acids is 2. The van der Waals surface area contributed by atoms with Crippen molar-refractivity contribution >= 4 is 56.5 Å². The van der Waals surface area contributed by atoms with Gasteiger partial charge in [-0.1, -0.05) is 39.7 Å². The van der Waals surface area contributed by atoms with Crippen molar-refractivity contribution in [3.05, 3.63) is 61.9 Å². The first-order chi connectivity index (χ1) is 12.5. The lowest BCUT2D eigenvalue weighted by molar-refractivity contribution is -0.123. The van der Waals surface area contributed by atoms with E-state index >= 15 is 0 Å². The number of hydrogen-bond donors (Lipinski definition) is 0. The minimum atomic E-state index is -0.336. The van der Waals surface area contributed by atoms with Crippen LogP contribution >= 0.6 is 39.3 Å². The summed E-state index contributed by atoms with van der Waals surface area (Å²) in [6.07, 6.45) is 1.71. The molecule has 4 rings (SSSR count). The molecule has 26 heavy (non-hydrogen) atoms. The van der Waals surface area contributed by atoms with E-state index in [0.29, 0.717) is 27.0 Å². The van der Waals surface area contributed by atoms with Gasteiger partial charge in [0, 0.05) is 15.6 Å². The third-order valence-corrected chi connectivity index (χ3v) is 5.70. The van der Waals surface area contributed by atoms with Crippen molar-refractivity contribution in [2.45, 2.75) is 6.54 Å². The SMILES string of the molecule is O=C1S/C(=C/c2ccc(Br)cc2)C(=O)N1Cc1cc2c(cc1Cl)OCO2. The van der Waals surface area contributed by atoms with Crippen molar-refractivity contribution in [1.82, 2.24) is 4.90 Å². The number of hydrogen-bond acceptors (Lipinski definition) is 5. The predicted octanol–water partition coefficient (Wildman–Crippen LogP) is 5.07. The minimum absolute atomic E-state index is 0.0812. The summed E-state index contributed by atoms with van der Waals surface area (Å²) in [5.41, 5.74) is 1.47. The van der Waals surface area contributed by atoms with Crippen LogP contribution in [-0.4, -0.2) is 22.8 Å². The van der Waals surface area contributed by atoms with Gasteiger partial charge in [0.15, 0.2) is 11.5 Å². The summed E-state index contributed by atoms with van der Waals surface area (Å²) >= 11 is 10.5. The van der Waals surface area contributed by atoms with Crippen LogP contribution in [-0.2, 0) is 11.3 Å². The van der Waals surface area contributed by atoms with Crippen LogP contribution in [0.25, 0.3) is 6.08 Å². The van der Waals surface area contributed by atoms with Crippen LogP contribution < -0.4 is 9.47 Å². The average molecular weight is 453 g/mol. The van der Waals surface area contributed by atoms with Gasteiger partial charge in [0.1, 0.15) is 0 Å². The first-order valence-corrected chi connectivity index (χ1v) is 9.59. The third-order valence-electron chi connectivity index (χ3n) is 3.91. The standard InChI is InChI=1S/C18H11BrClNO4S/c19-12-3-1-10(2-4-12)5-16-17(22)21(18(23)26-16)8-11-6-14-15(7-13(11)20)25-9-24-14/h1-7H,8-9H2/b16-5+. The Balaban J connectivity index is 1.57. The monoisotopic (exact) mass is 451 g/mol. The molecule has 0 aromatic heterocycles. The highest BCUT2D eigenvalue weighted by molar-refractivity contribution is 9.10. The lowest BCUT2D eigenvalue weighted by Crippen LogP contribution is -2.27. The quantitative estimate of drug-likeness (QED) is 0.609. The average Bonchev–Trinajstić information content (AvgIpc) is 3.16. The second-order valence-corrected chi connectivity index (χ2v) is 7.93. The number of imide groups is 1. The molecule has 0 spiro atoms. The van der Waals surface area contributed by atoms with Gasteiger partial charge in [-0.05, 0) is 47.2 Å². The van der Waals surface area contributed by atoms with E-state index < -0.39 is 0 Å². The largest absolute Gasteiger partial charge is 0.454 e. The van der Waals surface area contributed by atoms with Crippen LogP contribution in [0.3, 0.4) is 0 Å². The molecule has 2 aliphatic rings. The Morgan fingerprint density at radius 1 is 1.15 bits per heavy atom. The molecule has 0 radical (unpaired) electrons. The number of thioether (sulfide) groups is 1. The Bertz CT molecular complexity index is 945. The van der Waals surface area contributed by atoms with Crippen LogP contribution in [0.5, 0.6) is 11.5 Å². The number of rotatable bonds is 3. The summed E-state index contributed by atoms with van der Waals surface area (Å²) in [4.78, 5) is 26.5. The zero-order valence-corrected chi connectivity index (χ0v) is 16.4. The Labute approximate surface area is 167 Å². The van der Waals surface area contributed by atoms with Gasteiger partial charge in [-0.2, -0.15) is 0 Å². The number of carbonyl (C=O) groups is 2. The summed E-state index contributed by atoms with van der Waals surface area (Å²) < 4.78 is 11.5. The minimum Gasteiger partial charge on any atom is -0.454 e. The highest BCUT2D eigenvalue weighted by atomic mass is 79.9. The number of benzene rings is 2. The van der Waals surface area contributed by atoms with E-state index in [1.165, 1.54) is 4.90 Å². The molecule has 0 atom stereocenters. The van der Waals surface area contributed by atoms with E-state index in [2.05, 4.69) is 15.9 Å². The number of fused-ring (bicyclic) bond motifs is 1. The van der Waals surface area contributed by atoms with Gasteiger partial charge in [0.2, 0.25) is 6.79 Å². The molecule has 8 heteroatoms. The van der Waals surface area contributed by atoms with Gasteiger partial charge >= 0.3 is 0 Å². The maximum absolute atomic E-state index is 12.6. The molecule has 1 saturated heterocycles. The summed E-state index contributed by atoms with van der Waals surface area (Å²) in [6.45, 7) is 0.213. The van der Waals surface area contributed by atoms with Crippen LogP contribution in [0.2, 0.25) is 5.02 Å². The lowest BCUT2D eigenvalue weighted by Gasteiger charge is -2.14. The van der Waals surface area contributed by atoms with Crippen molar-refractivity contribution in [2.75, 3.05) is 6.79 Å². The molecule has 0 unspecified atom stereocenters. The van der Waals surface area contributed by atoms with Gasteiger partial charge in [0.05, 0.1) is 11.4 Å². The zero-order valence-electron chi connectivity index (χ0n) is 13.2. The lowest BCUT2D eigenvalue weighted by atomic mass is 10.1. The first kappa shape index (κ1) is 17.5. The first-order valence-electron chi connectivity index (χ1n) is 7.60. The van der Waals surface area contributed by atoms with Crippen LogP contribution in [0, 0.1) is 0 Å². The molecule has 2 amide bonds. The zero-order chi connectivity index (χ0) is 18.3. The van der Waals surface area contributed by atoms with E-state index in [9.17, 15) is 9.59 Å². The molecule has 1 fully saturated rings. The summed E-state index contributed by atoms with van der Waals surface area (Å²) in [6, 6.07) is 10.8. The summed E-state index contributed by atoms with van der Waals surface area (Å²) in [5.74, 6) is 0.779. The van der Waals surface area contributed by atoms with Crippen LogP contribution in [0.1, 0.15) is 11.1 Å². The molecule has 0 bridgehead atoms. The van der Waals surface area contributed by atoms with Crippen molar-refractivity contribution in [1.29, 1.82) is 0 Å². The van der Waals surface area contributed by atoms with Gasteiger partial charge in [0.25, 0.3) is 11.1 Å². The number of nitrogens with zero attached hydrogens (tertiary/aromatic N) is 1. The van der Waals surface area contributed by atoms with E-state index in [1.807, 2.05) is 24.3 Å². The Morgan fingerprint density at radius 2 is 1.85 bits per heavy atom. The Hall–Kier alpha value is -1.96. The Kier molecular flexibility index (Phi) is 4.69. The second kappa shape index (κ2) is 6.98. The van der Waals surface area contributed by atoms with Gasteiger partial charge in [-0.15, -0.1) is 0 Å². The molecule has 2 aliphatic heterocycles. The van der Waals surface area contributed by atoms with E-state index in [-0.39, 0.29) is 24.5 Å². The molecule has 2 aromatic rings. The van der Waals surface area contributed by atoms with Crippen LogP contribution in [0.15, 0.2) is 45.8 Å². The highest BCUT2D eigenvalue weighted by Crippen LogP contribution is 2.39. The van der Waals surface area contributed by atoms with Crippen molar-refractivity contribution < 1.29 is 19.1 Å². The number of ether oxygens (including phenoxy) is 2. The molecule has 2 aromatic carbocycles. The van der Waals surface area contributed by atoms with Gasteiger partial charge < -0.3 is 9.47 Å². The summed E-state index contributed by atoms with van der Waals surface area (Å²) in [5, 5.41) is 0.0947. The maximum Gasteiger partial charge on any atom is 0.293 e. The fourth-order valence-corrected chi connectivity index (χ4v) is 3.91. The smallest absolute Gasteiger partial charge is 0.293 e. The van der Waals surface area contributed by atoms with E-state index in [4.69, 9.17) is 21.1 Å². The molecule has 0 N–H and O–H groups in total. The van der Waals surface area contributed by atoms with E-state index in [1.54, 1.807) is 18.2 Å². The topological polar surface area (TPSA) is 55.8 Å². The number of amides is 2. The highest BCUT2D eigenvalue weighted by Gasteiger charge is 2.35. The molecule has 0 aliphatic carbocycles. The van der Waals surface area contributed by atoms with Crippen molar-refractivity contribution in [3.8, 4) is 11.5 Å². The second-order valence-electron chi connectivity index (χ2n) is 5.62. The fraction of sp³-hybridized carbons (Fsp3) is 0.111. The number of halogens is 2. The molecule has 132 valence electrons. The van der Waals surface area contributed by atoms with Crippen LogP contribution in [0.4, 0.5) is 4.79 Å². The molecular weight excluding hydrogens is 442 g/mol. The molecule has 0 saturated carbocycles. The molecular formula is C18H11BrClNO4S.